The second-order valence-electron chi connectivity index (χ2n) is 2.21. The van der Waals surface area contributed by atoms with E-state index < -0.39 is 11.0 Å². The predicted octanol–water partition coefficient (Wildman–Crippen LogP) is 1.82. The molecule has 0 aliphatic rings. The van der Waals surface area contributed by atoms with Crippen LogP contribution in [0.3, 0.4) is 0 Å². The Morgan fingerprint density at radius 3 is 1.71 bits per heavy atom. The van der Waals surface area contributed by atoms with Gasteiger partial charge in [0.25, 0.3) is 0 Å². The number of alkyl halides is 1. The van der Waals surface area contributed by atoms with E-state index in [9.17, 15) is 5.11 Å². The molecule has 0 saturated carbocycles. The van der Waals surface area contributed by atoms with Crippen LogP contribution in [-0.2, 0) is 5.11 Å². The molecule has 0 spiro atoms. The van der Waals surface area contributed by atoms with Crippen molar-refractivity contribution in [3.8, 4) is 0 Å². The second-order valence-corrected chi connectivity index (χ2v) is 3.18. The van der Waals surface area contributed by atoms with Gasteiger partial charge in [-0.25, -0.2) is 5.11 Å². The Hall–Kier alpha value is 0.250. The minimum atomic E-state index is -0.686. The van der Waals surface area contributed by atoms with E-state index in [-0.39, 0.29) is 0 Å². The van der Waals surface area contributed by atoms with Gasteiger partial charge < -0.3 is 0 Å². The maximum atomic E-state index is 10.4. The van der Waals surface area contributed by atoms with E-state index in [2.05, 4.69) is 0 Å². The molecule has 0 aliphatic heterocycles. The smallest absolute Gasteiger partial charge is 0.109 e. The normalized spacial score (nSPS) is 16.7. The zero-order valence-electron chi connectivity index (χ0n) is 4.86. The first-order chi connectivity index (χ1) is 2.94. The lowest BCUT2D eigenvalue weighted by Gasteiger charge is -2.15. The number of hydrogen-bond acceptors (Lipinski definition) is 0. The molecule has 0 rings (SSSR count). The summed E-state index contributed by atoms with van der Waals surface area (Å²) in [6.07, 6.45) is -0.686. The molecular formula is C5H10ClO. The summed E-state index contributed by atoms with van der Waals surface area (Å²) in [5, 5.41) is 10.4. The van der Waals surface area contributed by atoms with Crippen LogP contribution in [0.4, 0.5) is 0 Å². The molecule has 1 atom stereocenters. The molecule has 1 unspecified atom stereocenters. The van der Waals surface area contributed by atoms with Crippen LogP contribution in [-0.4, -0.2) is 11.0 Å². The lowest BCUT2D eigenvalue weighted by molar-refractivity contribution is 0.0770. The Labute approximate surface area is 49.3 Å². The van der Waals surface area contributed by atoms with Gasteiger partial charge in [-0.2, -0.15) is 0 Å². The van der Waals surface area contributed by atoms with Crippen LogP contribution in [0.1, 0.15) is 20.8 Å². The third-order valence-corrected chi connectivity index (χ3v) is 1.27. The predicted molar refractivity (Wildman–Crippen MR) is 30.1 cm³/mol. The lowest BCUT2D eigenvalue weighted by Crippen LogP contribution is -2.25. The summed E-state index contributed by atoms with van der Waals surface area (Å²) in [5.41, 5.74) is 0. The van der Waals surface area contributed by atoms with Gasteiger partial charge in [-0.1, -0.05) is 0 Å². The number of rotatable bonds is 1. The quantitative estimate of drug-likeness (QED) is 0.472. The zero-order valence-corrected chi connectivity index (χ0v) is 5.62. The maximum Gasteiger partial charge on any atom is 0.109 e. The number of halogens is 1. The largest absolute Gasteiger partial charge is 0.232 e. The Balaban J connectivity index is 3.54. The molecule has 2 heteroatoms. The molecule has 0 aromatic carbocycles. The maximum absolute atomic E-state index is 10.4. The summed E-state index contributed by atoms with van der Waals surface area (Å²) in [7, 11) is 0. The van der Waals surface area contributed by atoms with Gasteiger partial charge in [-0.05, 0) is 20.8 Å². The fourth-order valence-corrected chi connectivity index (χ4v) is 0. The van der Waals surface area contributed by atoms with Crippen LogP contribution in [0.15, 0.2) is 0 Å². The summed E-state index contributed by atoms with van der Waals surface area (Å²) in [5.74, 6) is 0. The summed E-state index contributed by atoms with van der Waals surface area (Å²) < 4.78 is 0. The summed E-state index contributed by atoms with van der Waals surface area (Å²) in [4.78, 5) is -0.583. The third kappa shape index (κ3) is 2.89. The van der Waals surface area contributed by atoms with Crippen LogP contribution in [0.5, 0.6) is 0 Å². The van der Waals surface area contributed by atoms with E-state index in [0.29, 0.717) is 0 Å². The summed E-state index contributed by atoms with van der Waals surface area (Å²) >= 11 is 5.56. The molecule has 0 bridgehead atoms. The van der Waals surface area contributed by atoms with Crippen molar-refractivity contribution in [2.45, 2.75) is 31.7 Å². The Bertz CT molecular complexity index is 53.6. The van der Waals surface area contributed by atoms with Crippen LogP contribution in [0.25, 0.3) is 0 Å². The van der Waals surface area contributed by atoms with Crippen LogP contribution >= 0.6 is 11.6 Å². The molecule has 0 aromatic rings. The zero-order chi connectivity index (χ0) is 6.08. The van der Waals surface area contributed by atoms with E-state index >= 15 is 0 Å². The molecule has 0 N–H and O–H groups in total. The van der Waals surface area contributed by atoms with Crippen LogP contribution in [0.2, 0.25) is 0 Å². The van der Waals surface area contributed by atoms with Gasteiger partial charge in [0.2, 0.25) is 0 Å². The van der Waals surface area contributed by atoms with E-state index in [4.69, 9.17) is 11.6 Å². The molecular weight excluding hydrogens is 112 g/mol. The molecule has 0 aromatic heterocycles. The van der Waals surface area contributed by atoms with Gasteiger partial charge in [0.15, 0.2) is 0 Å². The van der Waals surface area contributed by atoms with Crippen molar-refractivity contribution >= 4 is 11.6 Å². The topological polar surface area (TPSA) is 19.9 Å². The monoisotopic (exact) mass is 121 g/mol. The SMILES string of the molecule is CC([O])C(C)(C)Cl. The number of hydrogen-bond donors (Lipinski definition) is 0. The van der Waals surface area contributed by atoms with Gasteiger partial charge in [0.1, 0.15) is 6.10 Å². The van der Waals surface area contributed by atoms with Crippen molar-refractivity contribution in [2.75, 3.05) is 0 Å². The van der Waals surface area contributed by atoms with Crippen molar-refractivity contribution in [2.24, 2.45) is 0 Å². The molecule has 0 amide bonds. The molecule has 0 fully saturated rings. The second kappa shape index (κ2) is 2.01. The standard InChI is InChI=1S/C5H10ClO/c1-4(7)5(2,3)6/h4H,1-3H3. The first-order valence-corrected chi connectivity index (χ1v) is 2.67. The summed E-state index contributed by atoms with van der Waals surface area (Å²) in [6, 6.07) is 0. The molecule has 0 heterocycles. The average Bonchev–Trinajstić information content (AvgIpc) is 1.31. The first kappa shape index (κ1) is 7.25. The fourth-order valence-electron chi connectivity index (χ4n) is 0. The van der Waals surface area contributed by atoms with Crippen LogP contribution in [0, 0.1) is 0 Å². The minimum absolute atomic E-state index is 0.583. The van der Waals surface area contributed by atoms with Gasteiger partial charge >= 0.3 is 0 Å². The Morgan fingerprint density at radius 1 is 1.57 bits per heavy atom. The van der Waals surface area contributed by atoms with E-state index in [1.165, 1.54) is 0 Å². The molecule has 0 saturated heterocycles. The van der Waals surface area contributed by atoms with Crippen LogP contribution < -0.4 is 0 Å². The molecule has 0 aliphatic carbocycles. The first-order valence-electron chi connectivity index (χ1n) is 2.29. The van der Waals surface area contributed by atoms with E-state index in [0.717, 1.165) is 0 Å². The average molecular weight is 122 g/mol. The van der Waals surface area contributed by atoms with Crippen molar-refractivity contribution < 1.29 is 5.11 Å². The van der Waals surface area contributed by atoms with Gasteiger partial charge in [0, 0.05) is 0 Å². The van der Waals surface area contributed by atoms with Gasteiger partial charge in [-0.3, -0.25) is 0 Å². The highest BCUT2D eigenvalue weighted by Gasteiger charge is 2.20. The van der Waals surface area contributed by atoms with Crippen molar-refractivity contribution in [1.82, 2.24) is 0 Å². The molecule has 7 heavy (non-hydrogen) atoms. The highest BCUT2D eigenvalue weighted by Crippen LogP contribution is 2.17. The van der Waals surface area contributed by atoms with Crippen molar-refractivity contribution in [3.63, 3.8) is 0 Å². The van der Waals surface area contributed by atoms with Gasteiger partial charge in [-0.15, -0.1) is 11.6 Å². The third-order valence-electron chi connectivity index (χ3n) is 0.967. The lowest BCUT2D eigenvalue weighted by atomic mass is 10.1. The van der Waals surface area contributed by atoms with E-state index in [1.54, 1.807) is 20.8 Å². The van der Waals surface area contributed by atoms with Crippen molar-refractivity contribution in [1.29, 1.82) is 0 Å². The Morgan fingerprint density at radius 2 is 1.71 bits per heavy atom. The minimum Gasteiger partial charge on any atom is -0.232 e. The highest BCUT2D eigenvalue weighted by molar-refractivity contribution is 6.23. The van der Waals surface area contributed by atoms with Gasteiger partial charge in [0.05, 0.1) is 4.87 Å². The Kier molecular flexibility index (Phi) is 2.09. The molecule has 1 nitrogen and oxygen atoms in total. The van der Waals surface area contributed by atoms with Crippen molar-refractivity contribution in [3.05, 3.63) is 0 Å². The van der Waals surface area contributed by atoms with E-state index in [1.807, 2.05) is 0 Å². The molecule has 1 radical (unpaired) electrons. The fraction of sp³-hybridized carbons (Fsp3) is 1.00. The highest BCUT2D eigenvalue weighted by atomic mass is 35.5. The summed E-state index contributed by atoms with van der Waals surface area (Å²) in [6.45, 7) is 4.99. The molecule has 43 valence electrons.